The highest BCUT2D eigenvalue weighted by atomic mass is 79.9. The normalized spacial score (nSPS) is 11.6. The molecule has 5 heteroatoms. The number of non-ortho nitro benzene ring substituents is 1. The van der Waals surface area contributed by atoms with Gasteiger partial charge in [-0.3, -0.25) is 10.1 Å². The third-order valence-electron chi connectivity index (χ3n) is 2.38. The zero-order chi connectivity index (χ0) is 12.8. The van der Waals surface area contributed by atoms with Crippen LogP contribution in [-0.4, -0.2) is 11.0 Å². The van der Waals surface area contributed by atoms with Crippen LogP contribution in [0.25, 0.3) is 0 Å². The van der Waals surface area contributed by atoms with Crippen LogP contribution in [0.2, 0.25) is 0 Å². The number of nitrogens with one attached hydrogen (secondary N) is 1. The topological polar surface area (TPSA) is 55.2 Å². The average molecular weight is 297 g/mol. The van der Waals surface area contributed by atoms with E-state index in [9.17, 15) is 10.1 Å². The molecule has 0 saturated carbocycles. The van der Waals surface area contributed by atoms with Crippen molar-refractivity contribution in [1.82, 2.24) is 0 Å². The first kappa shape index (κ1) is 13.5. The molecule has 90 valence electrons. The fourth-order valence-corrected chi connectivity index (χ4v) is 1.88. The van der Waals surface area contributed by atoms with E-state index in [4.69, 9.17) is 6.42 Å². The average Bonchev–Trinajstić information content (AvgIpc) is 2.30. The number of hydrogen-bond acceptors (Lipinski definition) is 3. The van der Waals surface area contributed by atoms with Gasteiger partial charge in [-0.25, -0.2) is 0 Å². The van der Waals surface area contributed by atoms with E-state index in [1.54, 1.807) is 6.07 Å². The van der Waals surface area contributed by atoms with Crippen LogP contribution in [0.1, 0.15) is 19.8 Å². The Hall–Kier alpha value is -1.54. The number of nitro groups is 1. The summed E-state index contributed by atoms with van der Waals surface area (Å²) in [6.45, 7) is 2.04. The Labute approximate surface area is 109 Å². The molecule has 17 heavy (non-hydrogen) atoms. The summed E-state index contributed by atoms with van der Waals surface area (Å²) in [5, 5.41) is 13.8. The van der Waals surface area contributed by atoms with Crippen molar-refractivity contribution >= 4 is 27.3 Å². The van der Waals surface area contributed by atoms with Crippen LogP contribution in [-0.2, 0) is 0 Å². The number of hydrogen-bond donors (Lipinski definition) is 1. The number of rotatable bonds is 5. The molecule has 0 fully saturated rings. The van der Waals surface area contributed by atoms with Crippen molar-refractivity contribution in [3.63, 3.8) is 0 Å². The number of nitro benzene ring substituents is 1. The van der Waals surface area contributed by atoms with Gasteiger partial charge in [0, 0.05) is 34.8 Å². The molecule has 1 aromatic carbocycles. The Morgan fingerprint density at radius 1 is 1.65 bits per heavy atom. The first-order valence-corrected chi connectivity index (χ1v) is 6.01. The number of halogens is 1. The van der Waals surface area contributed by atoms with E-state index in [2.05, 4.69) is 27.2 Å². The highest BCUT2D eigenvalue weighted by molar-refractivity contribution is 9.10. The third-order valence-corrected chi connectivity index (χ3v) is 3.04. The summed E-state index contributed by atoms with van der Waals surface area (Å²) in [4.78, 5) is 10.2. The van der Waals surface area contributed by atoms with Crippen molar-refractivity contribution in [3.05, 3.63) is 32.8 Å². The summed E-state index contributed by atoms with van der Waals surface area (Å²) in [5.41, 5.74) is 0.880. The SMILES string of the molecule is C#CCC(CC)Nc1ccc([N+](=O)[O-])cc1Br. The molecule has 0 bridgehead atoms. The minimum absolute atomic E-state index is 0.0624. The first-order chi connectivity index (χ1) is 8.08. The number of nitrogens with zero attached hydrogens (tertiary/aromatic N) is 1. The van der Waals surface area contributed by atoms with Gasteiger partial charge in [0.25, 0.3) is 5.69 Å². The molecule has 0 aromatic heterocycles. The van der Waals surface area contributed by atoms with Gasteiger partial charge < -0.3 is 5.32 Å². The molecule has 1 unspecified atom stereocenters. The lowest BCUT2D eigenvalue weighted by Crippen LogP contribution is -2.17. The van der Waals surface area contributed by atoms with Gasteiger partial charge in [-0.1, -0.05) is 6.92 Å². The molecule has 0 spiro atoms. The lowest BCUT2D eigenvalue weighted by Gasteiger charge is -2.16. The maximum atomic E-state index is 10.6. The van der Waals surface area contributed by atoms with Gasteiger partial charge in [0.15, 0.2) is 0 Å². The van der Waals surface area contributed by atoms with E-state index in [0.717, 1.165) is 12.1 Å². The lowest BCUT2D eigenvalue weighted by atomic mass is 10.1. The molecule has 0 saturated heterocycles. The van der Waals surface area contributed by atoms with E-state index >= 15 is 0 Å². The van der Waals surface area contributed by atoms with Crippen molar-refractivity contribution < 1.29 is 4.92 Å². The van der Waals surface area contributed by atoms with E-state index in [0.29, 0.717) is 10.9 Å². The van der Waals surface area contributed by atoms with Crippen molar-refractivity contribution in [2.75, 3.05) is 5.32 Å². The van der Waals surface area contributed by atoms with Crippen molar-refractivity contribution in [2.24, 2.45) is 0 Å². The minimum Gasteiger partial charge on any atom is -0.380 e. The van der Waals surface area contributed by atoms with Gasteiger partial charge >= 0.3 is 0 Å². The van der Waals surface area contributed by atoms with E-state index in [-0.39, 0.29) is 11.7 Å². The van der Waals surface area contributed by atoms with Crippen LogP contribution >= 0.6 is 15.9 Å². The highest BCUT2D eigenvalue weighted by Gasteiger charge is 2.11. The smallest absolute Gasteiger partial charge is 0.270 e. The molecule has 0 heterocycles. The van der Waals surface area contributed by atoms with Crippen LogP contribution in [0, 0.1) is 22.5 Å². The summed E-state index contributed by atoms with van der Waals surface area (Å²) in [6.07, 6.45) is 6.79. The molecule has 0 aliphatic carbocycles. The van der Waals surface area contributed by atoms with Crippen molar-refractivity contribution in [1.29, 1.82) is 0 Å². The fourth-order valence-electron chi connectivity index (χ4n) is 1.39. The van der Waals surface area contributed by atoms with Crippen LogP contribution in [0.15, 0.2) is 22.7 Å². The van der Waals surface area contributed by atoms with Crippen LogP contribution in [0.3, 0.4) is 0 Å². The maximum absolute atomic E-state index is 10.6. The fraction of sp³-hybridized carbons (Fsp3) is 0.333. The predicted molar refractivity (Wildman–Crippen MR) is 71.9 cm³/mol. The predicted octanol–water partition coefficient (Wildman–Crippen LogP) is 3.57. The summed E-state index contributed by atoms with van der Waals surface area (Å²) >= 11 is 3.31. The molecule has 4 nitrogen and oxygen atoms in total. The molecular weight excluding hydrogens is 284 g/mol. The maximum Gasteiger partial charge on any atom is 0.270 e. The molecule has 0 amide bonds. The first-order valence-electron chi connectivity index (χ1n) is 5.22. The minimum atomic E-state index is -0.423. The Morgan fingerprint density at radius 3 is 2.82 bits per heavy atom. The number of terminal acetylenes is 1. The summed E-state index contributed by atoms with van der Waals surface area (Å²) in [7, 11) is 0. The zero-order valence-electron chi connectivity index (χ0n) is 9.44. The highest BCUT2D eigenvalue weighted by Crippen LogP contribution is 2.28. The largest absolute Gasteiger partial charge is 0.380 e. The summed E-state index contributed by atoms with van der Waals surface area (Å²) < 4.78 is 0.669. The molecule has 1 N–H and O–H groups in total. The second-order valence-electron chi connectivity index (χ2n) is 3.58. The van der Waals surface area contributed by atoms with E-state index in [1.807, 2.05) is 6.92 Å². The van der Waals surface area contributed by atoms with Gasteiger partial charge in [0.2, 0.25) is 0 Å². The Morgan fingerprint density at radius 2 is 2.35 bits per heavy atom. The van der Waals surface area contributed by atoms with Gasteiger partial charge in [0.1, 0.15) is 0 Å². The molecule has 1 rings (SSSR count). The number of benzene rings is 1. The lowest BCUT2D eigenvalue weighted by molar-refractivity contribution is -0.384. The molecule has 1 aromatic rings. The van der Waals surface area contributed by atoms with Gasteiger partial charge in [-0.2, -0.15) is 0 Å². The second-order valence-corrected chi connectivity index (χ2v) is 4.43. The number of anilines is 1. The van der Waals surface area contributed by atoms with E-state index < -0.39 is 4.92 Å². The van der Waals surface area contributed by atoms with Crippen LogP contribution < -0.4 is 5.32 Å². The molecule has 1 atom stereocenters. The molecule has 0 aliphatic heterocycles. The molecular formula is C12H13BrN2O2. The Kier molecular flexibility index (Phi) is 4.98. The Balaban J connectivity index is 2.85. The summed E-state index contributed by atoms with van der Waals surface area (Å²) in [5.74, 6) is 2.60. The Bertz CT molecular complexity index is 454. The van der Waals surface area contributed by atoms with Gasteiger partial charge in [0.05, 0.1) is 4.92 Å². The molecule has 0 aliphatic rings. The summed E-state index contributed by atoms with van der Waals surface area (Å²) in [6, 6.07) is 4.81. The van der Waals surface area contributed by atoms with Gasteiger partial charge in [-0.15, -0.1) is 12.3 Å². The monoisotopic (exact) mass is 296 g/mol. The zero-order valence-corrected chi connectivity index (χ0v) is 11.0. The second kappa shape index (κ2) is 6.26. The van der Waals surface area contributed by atoms with Crippen LogP contribution in [0.4, 0.5) is 11.4 Å². The van der Waals surface area contributed by atoms with Crippen LogP contribution in [0.5, 0.6) is 0 Å². The standard InChI is InChI=1S/C12H13BrN2O2/c1-3-5-9(4-2)14-12-7-6-10(15(16)17)8-11(12)13/h1,6-9,14H,4-5H2,2H3. The van der Waals surface area contributed by atoms with Gasteiger partial charge in [-0.05, 0) is 28.4 Å². The third kappa shape index (κ3) is 3.75. The quantitative estimate of drug-likeness (QED) is 0.513. The molecule has 0 radical (unpaired) electrons. The van der Waals surface area contributed by atoms with Crippen molar-refractivity contribution in [3.8, 4) is 12.3 Å². The van der Waals surface area contributed by atoms with Crippen molar-refractivity contribution in [2.45, 2.75) is 25.8 Å². The van der Waals surface area contributed by atoms with E-state index in [1.165, 1.54) is 12.1 Å².